The van der Waals surface area contributed by atoms with E-state index >= 15 is 0 Å². The van der Waals surface area contributed by atoms with Crippen LogP contribution in [-0.2, 0) is 9.59 Å². The summed E-state index contributed by atoms with van der Waals surface area (Å²) in [7, 11) is 0. The molecule has 0 atom stereocenters. The summed E-state index contributed by atoms with van der Waals surface area (Å²) < 4.78 is 5.40. The molecule has 0 unspecified atom stereocenters. The Hall–Kier alpha value is -1.98. The molecular weight excluding hydrogens is 334 g/mol. The van der Waals surface area contributed by atoms with Crippen LogP contribution in [-0.4, -0.2) is 23.4 Å². The van der Waals surface area contributed by atoms with E-state index in [0.717, 1.165) is 17.3 Å². The largest absolute Gasteiger partial charge is 0.485 e. The number of thioether (sulfide) groups is 1. The van der Waals surface area contributed by atoms with E-state index in [4.69, 9.17) is 16.3 Å². The molecule has 2 aromatic rings. The number of hydrogen-bond acceptors (Lipinski definition) is 4. The highest BCUT2D eigenvalue weighted by molar-refractivity contribution is 8.14. The van der Waals surface area contributed by atoms with E-state index in [-0.39, 0.29) is 23.4 Å². The van der Waals surface area contributed by atoms with Crippen molar-refractivity contribution in [2.75, 3.05) is 17.7 Å². The van der Waals surface area contributed by atoms with Crippen LogP contribution in [0.2, 0.25) is 5.02 Å². The molecule has 0 spiro atoms. The fraction of sp³-hybridized carbons (Fsp3) is 0.176. The van der Waals surface area contributed by atoms with Gasteiger partial charge in [0.1, 0.15) is 5.75 Å². The van der Waals surface area contributed by atoms with Gasteiger partial charge in [-0.1, -0.05) is 35.5 Å². The van der Waals surface area contributed by atoms with Crippen LogP contribution in [0.25, 0.3) is 0 Å². The number of halogens is 1. The second-order valence-electron chi connectivity index (χ2n) is 4.82. The first kappa shape index (κ1) is 17.4. The Labute approximate surface area is 144 Å². The first-order chi connectivity index (χ1) is 11.0. The Morgan fingerprint density at radius 2 is 1.91 bits per heavy atom. The molecule has 1 N–H and O–H groups in total. The van der Waals surface area contributed by atoms with Crippen molar-refractivity contribution in [1.29, 1.82) is 0 Å². The number of benzene rings is 2. The van der Waals surface area contributed by atoms with Gasteiger partial charge in [-0.25, -0.2) is 0 Å². The van der Waals surface area contributed by atoms with Gasteiger partial charge in [-0.2, -0.15) is 0 Å². The summed E-state index contributed by atoms with van der Waals surface area (Å²) >= 11 is 6.70. The fourth-order valence-corrected chi connectivity index (χ4v) is 2.40. The van der Waals surface area contributed by atoms with Crippen LogP contribution in [0.1, 0.15) is 5.56 Å². The number of anilines is 1. The van der Waals surface area contributed by atoms with Gasteiger partial charge in [-0.15, -0.1) is 0 Å². The van der Waals surface area contributed by atoms with Crippen LogP contribution in [0.3, 0.4) is 0 Å². The zero-order chi connectivity index (χ0) is 16.7. The summed E-state index contributed by atoms with van der Waals surface area (Å²) in [5.41, 5.74) is 1.70. The lowest BCUT2D eigenvalue weighted by Crippen LogP contribution is -2.17. The number of hydrogen-bond donors (Lipinski definition) is 1. The van der Waals surface area contributed by atoms with Crippen molar-refractivity contribution in [2.24, 2.45) is 0 Å². The number of ether oxygens (including phenoxy) is 1. The quantitative estimate of drug-likeness (QED) is 0.858. The third-order valence-electron chi connectivity index (χ3n) is 2.84. The molecule has 2 rings (SSSR count). The van der Waals surface area contributed by atoms with Gasteiger partial charge in [0.2, 0.25) is 11.0 Å². The maximum Gasteiger partial charge on any atom is 0.234 e. The van der Waals surface area contributed by atoms with Crippen molar-refractivity contribution in [3.63, 3.8) is 0 Å². The van der Waals surface area contributed by atoms with Crippen LogP contribution < -0.4 is 10.1 Å². The lowest BCUT2D eigenvalue weighted by molar-refractivity contribution is -0.115. The van der Waals surface area contributed by atoms with Gasteiger partial charge in [0.05, 0.1) is 5.75 Å². The van der Waals surface area contributed by atoms with Crippen LogP contribution in [0.4, 0.5) is 5.69 Å². The molecule has 6 heteroatoms. The van der Waals surface area contributed by atoms with Crippen molar-refractivity contribution in [3.05, 3.63) is 59.1 Å². The summed E-state index contributed by atoms with van der Waals surface area (Å²) in [6, 6.07) is 14.2. The molecule has 4 nitrogen and oxygen atoms in total. The first-order valence-electron chi connectivity index (χ1n) is 6.93. The molecular formula is C17H16ClNO3S. The minimum absolute atomic E-state index is 0.0403. The molecule has 0 heterocycles. The van der Waals surface area contributed by atoms with Crippen molar-refractivity contribution in [3.8, 4) is 5.75 Å². The summed E-state index contributed by atoms with van der Waals surface area (Å²) in [4.78, 5) is 23.5. The standard InChI is InChI=1S/C17H16ClNO3S/c1-12-3-2-4-15(9-12)22-10-17(21)23-11-16(20)19-14-7-5-13(18)6-8-14/h2-9H,10-11H2,1H3,(H,19,20). The van der Waals surface area contributed by atoms with E-state index in [1.54, 1.807) is 30.3 Å². The summed E-state index contributed by atoms with van der Waals surface area (Å²) in [5.74, 6) is 0.435. The number of aryl methyl sites for hydroxylation is 1. The molecule has 1 amide bonds. The monoisotopic (exact) mass is 349 g/mol. The summed E-state index contributed by atoms with van der Waals surface area (Å²) in [5, 5.41) is 3.10. The molecule has 120 valence electrons. The Morgan fingerprint density at radius 1 is 1.17 bits per heavy atom. The molecule has 0 aliphatic carbocycles. The smallest absolute Gasteiger partial charge is 0.234 e. The van der Waals surface area contributed by atoms with Crippen LogP contribution in [0.15, 0.2) is 48.5 Å². The molecule has 0 radical (unpaired) electrons. The lowest BCUT2D eigenvalue weighted by Gasteiger charge is -2.07. The van der Waals surface area contributed by atoms with Gasteiger partial charge in [0, 0.05) is 10.7 Å². The zero-order valence-corrected chi connectivity index (χ0v) is 14.1. The van der Waals surface area contributed by atoms with Crippen LogP contribution >= 0.6 is 23.4 Å². The second kappa shape index (κ2) is 8.60. The molecule has 0 saturated carbocycles. The molecule has 0 aliphatic rings. The van der Waals surface area contributed by atoms with E-state index < -0.39 is 0 Å². The maximum atomic E-state index is 11.8. The second-order valence-corrected chi connectivity index (χ2v) is 6.29. The highest BCUT2D eigenvalue weighted by Crippen LogP contribution is 2.15. The maximum absolute atomic E-state index is 11.8. The van der Waals surface area contributed by atoms with Gasteiger partial charge in [-0.3, -0.25) is 9.59 Å². The van der Waals surface area contributed by atoms with Crippen LogP contribution in [0, 0.1) is 6.92 Å². The Kier molecular flexibility index (Phi) is 6.50. The molecule has 0 saturated heterocycles. The minimum atomic E-state index is -0.249. The Balaban J connectivity index is 1.71. The third kappa shape index (κ3) is 6.34. The van der Waals surface area contributed by atoms with E-state index in [2.05, 4.69) is 5.32 Å². The number of carbonyl (C=O) groups excluding carboxylic acids is 2. The van der Waals surface area contributed by atoms with Gasteiger partial charge in [-0.05, 0) is 48.9 Å². The summed E-state index contributed by atoms with van der Waals surface area (Å²) in [6.45, 7) is 1.88. The molecule has 0 bridgehead atoms. The first-order valence-corrected chi connectivity index (χ1v) is 8.30. The van der Waals surface area contributed by atoms with Crippen molar-refractivity contribution >= 4 is 40.1 Å². The van der Waals surface area contributed by atoms with E-state index in [0.29, 0.717) is 16.5 Å². The average Bonchev–Trinajstić information content (AvgIpc) is 2.53. The van der Waals surface area contributed by atoms with E-state index in [9.17, 15) is 9.59 Å². The number of amides is 1. The Bertz CT molecular complexity index is 688. The highest BCUT2D eigenvalue weighted by atomic mass is 35.5. The third-order valence-corrected chi connectivity index (χ3v) is 3.94. The molecule has 2 aromatic carbocycles. The van der Waals surface area contributed by atoms with Crippen molar-refractivity contribution in [2.45, 2.75) is 6.92 Å². The normalized spacial score (nSPS) is 10.2. The molecule has 0 aromatic heterocycles. The van der Waals surface area contributed by atoms with E-state index in [1.165, 1.54) is 0 Å². The van der Waals surface area contributed by atoms with Crippen LogP contribution in [0.5, 0.6) is 5.75 Å². The van der Waals surface area contributed by atoms with Crippen molar-refractivity contribution in [1.82, 2.24) is 0 Å². The lowest BCUT2D eigenvalue weighted by atomic mass is 10.2. The van der Waals surface area contributed by atoms with Gasteiger partial charge in [0.15, 0.2) is 6.61 Å². The number of rotatable bonds is 6. The molecule has 0 fully saturated rings. The van der Waals surface area contributed by atoms with Crippen molar-refractivity contribution < 1.29 is 14.3 Å². The average molecular weight is 350 g/mol. The predicted octanol–water partition coefficient (Wildman–Crippen LogP) is 3.93. The molecule has 23 heavy (non-hydrogen) atoms. The minimum Gasteiger partial charge on any atom is -0.485 e. The topological polar surface area (TPSA) is 55.4 Å². The fourth-order valence-electron chi connectivity index (χ4n) is 1.77. The van der Waals surface area contributed by atoms with Gasteiger partial charge >= 0.3 is 0 Å². The van der Waals surface area contributed by atoms with Gasteiger partial charge < -0.3 is 10.1 Å². The molecule has 0 aliphatic heterocycles. The highest BCUT2D eigenvalue weighted by Gasteiger charge is 2.09. The Morgan fingerprint density at radius 3 is 2.61 bits per heavy atom. The van der Waals surface area contributed by atoms with Gasteiger partial charge in [0.25, 0.3) is 0 Å². The predicted molar refractivity (Wildman–Crippen MR) is 94.2 cm³/mol. The number of nitrogens with one attached hydrogen (secondary N) is 1. The number of carbonyl (C=O) groups is 2. The SMILES string of the molecule is Cc1cccc(OCC(=O)SCC(=O)Nc2ccc(Cl)cc2)c1. The summed E-state index contributed by atoms with van der Waals surface area (Å²) in [6.07, 6.45) is 0. The van der Waals surface area contributed by atoms with E-state index in [1.807, 2.05) is 25.1 Å². The zero-order valence-electron chi connectivity index (χ0n) is 12.5.